The molecule has 29 heavy (non-hydrogen) atoms. The van der Waals surface area contributed by atoms with Crippen LogP contribution in [0.15, 0.2) is 54.7 Å². The smallest absolute Gasteiger partial charge is 0.256 e. The number of ether oxygens (including phenoxy) is 1. The number of piperidine rings is 1. The van der Waals surface area contributed by atoms with Crippen molar-refractivity contribution in [3.05, 3.63) is 81.8 Å². The van der Waals surface area contributed by atoms with Crippen LogP contribution in [0.25, 0.3) is 5.69 Å². The first-order valence-electron chi connectivity index (χ1n) is 9.38. The van der Waals surface area contributed by atoms with E-state index in [1.54, 1.807) is 4.90 Å². The van der Waals surface area contributed by atoms with Crippen molar-refractivity contribution < 1.29 is 13.9 Å². The van der Waals surface area contributed by atoms with Crippen molar-refractivity contribution in [1.29, 1.82) is 0 Å². The van der Waals surface area contributed by atoms with Gasteiger partial charge in [-0.3, -0.25) is 4.79 Å². The summed E-state index contributed by atoms with van der Waals surface area (Å²) in [6.45, 7) is 0.921. The van der Waals surface area contributed by atoms with E-state index >= 15 is 0 Å². The third-order valence-corrected chi connectivity index (χ3v) is 6.19. The second-order valence-corrected chi connectivity index (χ2v) is 8.26. The summed E-state index contributed by atoms with van der Waals surface area (Å²) in [5, 5.41) is 0.880. The first kappa shape index (κ1) is 18.5. The van der Waals surface area contributed by atoms with Gasteiger partial charge in [0, 0.05) is 48.2 Å². The Kier molecular flexibility index (Phi) is 4.33. The average molecular weight is 431 g/mol. The van der Waals surface area contributed by atoms with Gasteiger partial charge in [0.25, 0.3) is 5.91 Å². The summed E-state index contributed by atoms with van der Waals surface area (Å²) in [6.07, 6.45) is 3.21. The number of hydrogen-bond donors (Lipinski definition) is 0. The summed E-state index contributed by atoms with van der Waals surface area (Å²) in [4.78, 5) is 14.5. The fourth-order valence-corrected chi connectivity index (χ4v) is 4.58. The van der Waals surface area contributed by atoms with E-state index < -0.39 is 11.4 Å². The molecule has 2 aliphatic rings. The lowest BCUT2D eigenvalue weighted by atomic mass is 9.86. The largest absolute Gasteiger partial charge is 0.479 e. The monoisotopic (exact) mass is 430 g/mol. The number of hydrogen-bond acceptors (Lipinski definition) is 2. The Balaban J connectivity index is 1.42. The Morgan fingerprint density at radius 1 is 1.03 bits per heavy atom. The number of nitrogens with zero attached hydrogens (tertiary/aromatic N) is 2. The van der Waals surface area contributed by atoms with E-state index in [0.717, 1.165) is 23.2 Å². The zero-order chi connectivity index (χ0) is 20.2. The topological polar surface area (TPSA) is 34.5 Å². The van der Waals surface area contributed by atoms with E-state index in [1.165, 1.54) is 12.1 Å². The quantitative estimate of drug-likeness (QED) is 0.514. The van der Waals surface area contributed by atoms with Gasteiger partial charge in [0.05, 0.1) is 16.9 Å². The molecule has 0 radical (unpaired) electrons. The van der Waals surface area contributed by atoms with E-state index in [0.29, 0.717) is 31.0 Å². The van der Waals surface area contributed by atoms with Gasteiger partial charge >= 0.3 is 0 Å². The van der Waals surface area contributed by atoms with Crippen LogP contribution in [0.4, 0.5) is 4.39 Å². The maximum atomic E-state index is 14.2. The van der Waals surface area contributed by atoms with Crippen LogP contribution >= 0.6 is 23.2 Å². The molecule has 7 heteroatoms. The third-order valence-electron chi connectivity index (χ3n) is 5.72. The number of benzene rings is 2. The predicted molar refractivity (Wildman–Crippen MR) is 110 cm³/mol. The highest BCUT2D eigenvalue weighted by Gasteiger charge is 2.44. The summed E-state index contributed by atoms with van der Waals surface area (Å²) in [7, 11) is 0. The molecule has 1 saturated heterocycles. The molecule has 3 heterocycles. The molecule has 1 spiro atoms. The summed E-state index contributed by atoms with van der Waals surface area (Å²) in [5.74, 6) is -0.206. The van der Waals surface area contributed by atoms with Gasteiger partial charge in [0.1, 0.15) is 11.6 Å². The average Bonchev–Trinajstić information content (AvgIpc) is 3.19. The fourth-order valence-electron chi connectivity index (χ4n) is 4.26. The minimum atomic E-state index is -0.603. The normalized spacial score (nSPS) is 16.9. The predicted octanol–water partition coefficient (Wildman–Crippen LogP) is 5.45. The van der Waals surface area contributed by atoms with Gasteiger partial charge in [-0.05, 0) is 42.5 Å². The van der Waals surface area contributed by atoms with Crippen LogP contribution in [0.5, 0.6) is 5.75 Å². The van der Waals surface area contributed by atoms with Gasteiger partial charge in [-0.15, -0.1) is 0 Å². The maximum absolute atomic E-state index is 14.2. The highest BCUT2D eigenvalue weighted by Crippen LogP contribution is 2.45. The minimum absolute atomic E-state index is 0.0374. The molecular formula is C22H17Cl2FN2O2. The van der Waals surface area contributed by atoms with Crippen molar-refractivity contribution in [1.82, 2.24) is 9.47 Å². The molecule has 0 bridgehead atoms. The van der Waals surface area contributed by atoms with Crippen LogP contribution in [0.3, 0.4) is 0 Å². The molecule has 5 rings (SSSR count). The molecule has 1 fully saturated rings. The maximum Gasteiger partial charge on any atom is 0.256 e. The number of carbonyl (C=O) groups excluding carboxylic acids is 1. The highest BCUT2D eigenvalue weighted by molar-refractivity contribution is 6.31. The fraction of sp³-hybridized carbons (Fsp3) is 0.227. The zero-order valence-corrected chi connectivity index (χ0v) is 16.9. The van der Waals surface area contributed by atoms with Gasteiger partial charge in [-0.2, -0.15) is 0 Å². The number of rotatable bonds is 1. The highest BCUT2D eigenvalue weighted by atomic mass is 35.5. The molecule has 1 amide bonds. The van der Waals surface area contributed by atoms with Crippen LogP contribution in [-0.4, -0.2) is 28.5 Å². The molecule has 0 saturated carbocycles. The van der Waals surface area contributed by atoms with Crippen molar-refractivity contribution in [2.24, 2.45) is 0 Å². The minimum Gasteiger partial charge on any atom is -0.479 e. The van der Waals surface area contributed by atoms with Crippen molar-refractivity contribution in [3.8, 4) is 11.4 Å². The zero-order valence-electron chi connectivity index (χ0n) is 15.4. The molecule has 2 aliphatic heterocycles. The summed E-state index contributed by atoms with van der Waals surface area (Å²) in [5.41, 5.74) is 1.49. The molecule has 0 atom stereocenters. The van der Waals surface area contributed by atoms with E-state index in [1.807, 2.05) is 36.5 Å². The van der Waals surface area contributed by atoms with E-state index in [4.69, 9.17) is 27.9 Å². The molecule has 148 valence electrons. The lowest BCUT2D eigenvalue weighted by Crippen LogP contribution is -2.50. The third kappa shape index (κ3) is 3.00. The van der Waals surface area contributed by atoms with Gasteiger partial charge in [-0.25, -0.2) is 4.39 Å². The van der Waals surface area contributed by atoms with Crippen LogP contribution in [-0.2, 0) is 5.60 Å². The summed E-state index contributed by atoms with van der Waals surface area (Å²) in [6, 6.07) is 13.8. The lowest BCUT2D eigenvalue weighted by molar-refractivity contribution is -0.00940. The van der Waals surface area contributed by atoms with Crippen LogP contribution < -0.4 is 4.74 Å². The molecule has 2 aromatic carbocycles. The number of likely N-dealkylation sites (tertiary alicyclic amines) is 1. The Hall–Kier alpha value is -2.50. The van der Waals surface area contributed by atoms with Crippen LogP contribution in [0.2, 0.25) is 10.0 Å². The number of amides is 1. The standard InChI is InChI=1S/C22H17Cl2FN2O2/c23-14-3-5-16(17(25)12-14)21(28)26-10-7-22(8-11-26)20-2-1-9-27(20)18-6-4-15(24)13-19(18)29-22/h1-6,9,12-13H,7-8,10-11H2. The number of halogens is 3. The van der Waals surface area contributed by atoms with Gasteiger partial charge in [0.15, 0.2) is 5.60 Å². The second-order valence-electron chi connectivity index (χ2n) is 7.39. The van der Waals surface area contributed by atoms with Gasteiger partial charge in [-0.1, -0.05) is 23.2 Å². The van der Waals surface area contributed by atoms with E-state index in [2.05, 4.69) is 4.57 Å². The number of fused-ring (bicyclic) bond motifs is 4. The van der Waals surface area contributed by atoms with Crippen molar-refractivity contribution in [3.63, 3.8) is 0 Å². The van der Waals surface area contributed by atoms with Crippen LogP contribution in [0, 0.1) is 5.82 Å². The van der Waals surface area contributed by atoms with Gasteiger partial charge in [0.2, 0.25) is 0 Å². The first-order chi connectivity index (χ1) is 14.0. The van der Waals surface area contributed by atoms with E-state index in [-0.39, 0.29) is 16.5 Å². The van der Waals surface area contributed by atoms with Crippen molar-refractivity contribution in [2.75, 3.05) is 13.1 Å². The molecule has 3 aromatic rings. The SMILES string of the molecule is O=C(c1ccc(Cl)cc1F)N1CCC2(CC1)Oc1cc(Cl)ccc1-n1cccc12. The molecule has 0 N–H and O–H groups in total. The number of aromatic nitrogens is 1. The number of carbonyl (C=O) groups is 1. The molecule has 4 nitrogen and oxygen atoms in total. The molecule has 0 aliphatic carbocycles. The summed E-state index contributed by atoms with van der Waals surface area (Å²) >= 11 is 12.0. The molecular weight excluding hydrogens is 414 g/mol. The molecule has 1 aromatic heterocycles. The van der Waals surface area contributed by atoms with Crippen molar-refractivity contribution in [2.45, 2.75) is 18.4 Å². The lowest BCUT2D eigenvalue weighted by Gasteiger charge is -2.45. The van der Waals surface area contributed by atoms with Gasteiger partial charge < -0.3 is 14.2 Å². The Morgan fingerprint density at radius 2 is 1.76 bits per heavy atom. The van der Waals surface area contributed by atoms with Crippen LogP contribution in [0.1, 0.15) is 28.9 Å². The van der Waals surface area contributed by atoms with E-state index in [9.17, 15) is 9.18 Å². The first-order valence-corrected chi connectivity index (χ1v) is 10.1. The second kappa shape index (κ2) is 6.78. The van der Waals surface area contributed by atoms with Crippen molar-refractivity contribution >= 4 is 29.1 Å². The Bertz CT molecular complexity index is 1120. The Morgan fingerprint density at radius 3 is 2.52 bits per heavy atom. The summed E-state index contributed by atoms with van der Waals surface area (Å²) < 4.78 is 22.8. The Labute approximate surface area is 177 Å². The molecule has 0 unspecified atom stereocenters.